The number of furan rings is 1. The summed E-state index contributed by atoms with van der Waals surface area (Å²) in [6.45, 7) is 13.0. The third kappa shape index (κ3) is 7.55. The molecule has 1 fully saturated rings. The maximum atomic E-state index is 9.25. The Balaban J connectivity index is 0.000000199. The molecule has 0 unspecified atom stereocenters. The van der Waals surface area contributed by atoms with E-state index in [9.17, 15) is 1.37 Å². The molecule has 0 aliphatic heterocycles. The Morgan fingerprint density at radius 2 is 1.62 bits per heavy atom. The molecule has 3 aromatic heterocycles. The summed E-state index contributed by atoms with van der Waals surface area (Å²) in [6, 6.07) is 37.9. The van der Waals surface area contributed by atoms with Gasteiger partial charge in [0, 0.05) is 29.5 Å². The van der Waals surface area contributed by atoms with E-state index in [1.54, 1.807) is 18.2 Å². The Bertz CT molecular complexity index is 2780. The van der Waals surface area contributed by atoms with E-state index in [1.807, 2.05) is 35.2 Å². The second kappa shape index (κ2) is 15.0. The number of hydrogen-bond acceptors (Lipinski definition) is 2. The Labute approximate surface area is 345 Å². The average molecular weight is 903 g/mol. The van der Waals surface area contributed by atoms with Crippen LogP contribution in [0.25, 0.3) is 66.0 Å². The van der Waals surface area contributed by atoms with Crippen LogP contribution < -0.4 is 4.57 Å². The van der Waals surface area contributed by atoms with Crippen molar-refractivity contribution < 1.29 is 34.6 Å². The molecule has 3 heterocycles. The molecule has 278 valence electrons. The Hall–Kier alpha value is -4.89. The molecule has 0 radical (unpaired) electrons. The molecule has 0 atom stereocenters. The zero-order chi connectivity index (χ0) is 41.2. The summed E-state index contributed by atoms with van der Waals surface area (Å²) < 4.78 is 40.2. The van der Waals surface area contributed by atoms with E-state index in [4.69, 9.17) is 13.5 Å². The summed E-state index contributed by atoms with van der Waals surface area (Å²) in [5.41, 5.74) is 8.80. The molecule has 0 bridgehead atoms. The number of hydrogen-bond donors (Lipinski definition) is 0. The summed E-state index contributed by atoms with van der Waals surface area (Å²) in [5.74, 6) is -0.565. The van der Waals surface area contributed by atoms with Gasteiger partial charge in [-0.3, -0.25) is 0 Å². The first-order chi connectivity index (χ1) is 27.4. The minimum Gasteiger partial charge on any atom is -0.500 e. The van der Waals surface area contributed by atoms with Gasteiger partial charge in [0.2, 0.25) is 0 Å². The third-order valence-corrected chi connectivity index (χ3v) is 11.2. The molecule has 8 aromatic rings. The summed E-state index contributed by atoms with van der Waals surface area (Å²) in [6.07, 6.45) is 7.74. The van der Waals surface area contributed by atoms with Gasteiger partial charge >= 0.3 is 20.1 Å². The summed E-state index contributed by atoms with van der Waals surface area (Å²) in [7, 11) is 4.06. The van der Waals surface area contributed by atoms with Crippen LogP contribution in [0.2, 0.25) is 0 Å². The molecular formula is C51H50IrN2O+. The van der Waals surface area contributed by atoms with Crippen molar-refractivity contribution in [3.05, 3.63) is 158 Å². The monoisotopic (exact) mass is 903 g/mol. The molecule has 0 spiro atoms. The van der Waals surface area contributed by atoms with E-state index >= 15 is 0 Å². The molecule has 1 saturated carbocycles. The van der Waals surface area contributed by atoms with E-state index in [0.717, 1.165) is 81.1 Å². The van der Waals surface area contributed by atoms with Crippen molar-refractivity contribution >= 4 is 43.5 Å². The van der Waals surface area contributed by atoms with Gasteiger partial charge < -0.3 is 14.0 Å². The minimum absolute atomic E-state index is 0. The molecule has 9 rings (SSSR count). The number of aromatic nitrogens is 2. The van der Waals surface area contributed by atoms with E-state index < -0.39 is 12.7 Å². The molecule has 5 aromatic carbocycles. The molecule has 1 aliphatic rings. The molecule has 0 N–H and O–H groups in total. The van der Waals surface area contributed by atoms with Crippen molar-refractivity contribution in [2.24, 2.45) is 5.41 Å². The van der Waals surface area contributed by atoms with Crippen LogP contribution in [-0.4, -0.2) is 4.98 Å². The molecule has 55 heavy (non-hydrogen) atoms. The molecule has 3 nitrogen and oxygen atoms in total. The molecule has 1 aliphatic carbocycles. The van der Waals surface area contributed by atoms with E-state index in [-0.39, 0.29) is 25.5 Å². The molecular weight excluding hydrogens is 849 g/mol. The molecule has 0 saturated heterocycles. The van der Waals surface area contributed by atoms with Gasteiger partial charge in [-0.1, -0.05) is 131 Å². The standard InChI is InChI=1S/C33H28NO.C18H22N.Ir/c1-33(2)17-14-21(15-18-33)24-16-19-34-29(20-24)28-9-5-8-26-27-13-12-23-11-10-22-6-3-4-7-25(22)30(23)32(27)35-31(26)28;1-13-7-9-16(14(2)11-13)17-10-8-15(12-19(17)6)18(3,4)5;/h3-8,10-13,16,19-21H,14-15,17-18H2,1-2H3;7-12H,2,6H2,1,3-5H3;/q2*-1;+3/i21D;1D3;. The summed E-state index contributed by atoms with van der Waals surface area (Å²) >= 11 is 0. The SMILES string of the molecule is [2H]C([2H])([2H])c1ccc(-c2ccc(C(C)(C)C)c[n+]2[CH2-])c([CH2-])c1.[2H]C1(c2ccnc(-c3[c-]ccc4c3oc3c4ccc4ccc5ccccc5c43)c2)CCC(C)(C)CC1.[Ir+3]. The van der Waals surface area contributed by atoms with E-state index in [0.29, 0.717) is 16.5 Å². The van der Waals surface area contributed by atoms with Crippen molar-refractivity contribution in [2.45, 2.75) is 78.5 Å². The maximum absolute atomic E-state index is 9.25. The van der Waals surface area contributed by atoms with Crippen molar-refractivity contribution in [2.75, 3.05) is 0 Å². The third-order valence-electron chi connectivity index (χ3n) is 11.2. The fourth-order valence-electron chi connectivity index (χ4n) is 7.86. The number of pyridine rings is 2. The number of fused-ring (bicyclic) bond motifs is 7. The van der Waals surface area contributed by atoms with Gasteiger partial charge in [-0.05, 0) is 75.9 Å². The van der Waals surface area contributed by atoms with Crippen LogP contribution in [0.1, 0.15) is 93.9 Å². The van der Waals surface area contributed by atoms with Crippen molar-refractivity contribution in [3.63, 3.8) is 0 Å². The average Bonchev–Trinajstić information content (AvgIpc) is 3.58. The van der Waals surface area contributed by atoms with Crippen molar-refractivity contribution in [3.8, 4) is 22.5 Å². The largest absolute Gasteiger partial charge is 3.00 e. The van der Waals surface area contributed by atoms with Gasteiger partial charge in [0.25, 0.3) is 0 Å². The quantitative estimate of drug-likeness (QED) is 0.100. The fourth-order valence-corrected chi connectivity index (χ4v) is 7.86. The van der Waals surface area contributed by atoms with Crippen LogP contribution in [0.3, 0.4) is 0 Å². The van der Waals surface area contributed by atoms with Crippen molar-refractivity contribution in [1.29, 1.82) is 0 Å². The Kier molecular flexibility index (Phi) is 9.11. The van der Waals surface area contributed by atoms with Crippen LogP contribution in [0, 0.1) is 32.3 Å². The first-order valence-electron chi connectivity index (χ1n) is 20.9. The van der Waals surface area contributed by atoms with Crippen LogP contribution in [0.15, 0.2) is 120 Å². The van der Waals surface area contributed by atoms with Crippen LogP contribution in [0.5, 0.6) is 0 Å². The first-order valence-corrected chi connectivity index (χ1v) is 18.9. The number of aryl methyl sites for hydroxylation is 1. The van der Waals surface area contributed by atoms with Crippen LogP contribution >= 0.6 is 0 Å². The summed E-state index contributed by atoms with van der Waals surface area (Å²) in [5, 5.41) is 6.89. The van der Waals surface area contributed by atoms with Gasteiger partial charge in [0.05, 0.1) is 17.5 Å². The minimum atomic E-state index is -2.11. The predicted molar refractivity (Wildman–Crippen MR) is 227 cm³/mol. The molecule has 4 heteroatoms. The van der Waals surface area contributed by atoms with Crippen molar-refractivity contribution in [1.82, 2.24) is 4.98 Å². The van der Waals surface area contributed by atoms with Gasteiger partial charge in [-0.25, -0.2) is 0 Å². The van der Waals surface area contributed by atoms with E-state index in [2.05, 4.69) is 121 Å². The second-order valence-electron chi connectivity index (χ2n) is 16.6. The fraction of sp³-hybridized carbons (Fsp3) is 0.255. The molecule has 0 amide bonds. The maximum Gasteiger partial charge on any atom is 3.00 e. The smallest absolute Gasteiger partial charge is 0.500 e. The Morgan fingerprint density at radius 3 is 2.36 bits per heavy atom. The number of nitrogens with zero attached hydrogens (tertiary/aromatic N) is 2. The summed E-state index contributed by atoms with van der Waals surface area (Å²) in [4.78, 5) is 4.72. The zero-order valence-electron chi connectivity index (χ0n) is 36.3. The number of benzene rings is 5. The second-order valence-corrected chi connectivity index (χ2v) is 16.6. The van der Waals surface area contributed by atoms with E-state index in [1.165, 1.54) is 21.7 Å². The van der Waals surface area contributed by atoms with Crippen LogP contribution in [0.4, 0.5) is 0 Å². The van der Waals surface area contributed by atoms with Gasteiger partial charge in [0.1, 0.15) is 5.58 Å². The van der Waals surface area contributed by atoms with Gasteiger partial charge in [-0.15, -0.1) is 35.4 Å². The topological polar surface area (TPSA) is 29.9 Å². The van der Waals surface area contributed by atoms with Gasteiger partial charge in [-0.2, -0.15) is 18.6 Å². The predicted octanol–water partition coefficient (Wildman–Crippen LogP) is 13.5. The number of rotatable bonds is 3. The normalized spacial score (nSPS) is 16.4. The Morgan fingerprint density at radius 1 is 0.873 bits per heavy atom. The van der Waals surface area contributed by atoms with Crippen LogP contribution in [-0.2, 0) is 25.5 Å². The van der Waals surface area contributed by atoms with Gasteiger partial charge in [0.15, 0.2) is 0 Å². The first kappa shape index (κ1) is 33.4. The zero-order valence-corrected chi connectivity index (χ0v) is 34.7.